The lowest BCUT2D eigenvalue weighted by Crippen LogP contribution is -2.58. The fourth-order valence-corrected chi connectivity index (χ4v) is 7.36. The highest BCUT2D eigenvalue weighted by molar-refractivity contribution is 5.57. The summed E-state index contributed by atoms with van der Waals surface area (Å²) in [5.74, 6) is 0.616. The molecule has 7 heteroatoms. The van der Waals surface area contributed by atoms with Gasteiger partial charge in [-0.15, -0.1) is 0 Å². The van der Waals surface area contributed by atoms with Crippen molar-refractivity contribution in [1.82, 2.24) is 0 Å². The van der Waals surface area contributed by atoms with Gasteiger partial charge in [0.25, 0.3) is 0 Å². The van der Waals surface area contributed by atoms with Gasteiger partial charge in [-0.2, -0.15) is 0 Å². The summed E-state index contributed by atoms with van der Waals surface area (Å²) in [5.41, 5.74) is 15.9. The Balaban J connectivity index is 1.29. The van der Waals surface area contributed by atoms with Crippen molar-refractivity contribution in [3.8, 4) is 5.75 Å². The predicted molar refractivity (Wildman–Crippen MR) is 225 cm³/mol. The minimum atomic E-state index is -0.631. The number of nitrogen functional groups attached to an aromatic ring is 1. The SMILES string of the molecule is CCc1ccc(Cc2cc([C@@H]3O[C@H](COCc4ccccc4)[C@@H](OCc4ccccc4)[C@H](OCc4ccccc4)[C@H]3OCc3ccccc3)c(OC)cc2N)cc1. The van der Waals surface area contributed by atoms with E-state index in [0.29, 0.717) is 44.3 Å². The summed E-state index contributed by atoms with van der Waals surface area (Å²) in [4.78, 5) is 0. The molecule has 1 heterocycles. The van der Waals surface area contributed by atoms with Gasteiger partial charge >= 0.3 is 0 Å². The lowest BCUT2D eigenvalue weighted by atomic mass is 9.88. The molecule has 5 atom stereocenters. The van der Waals surface area contributed by atoms with Gasteiger partial charge in [-0.3, -0.25) is 0 Å². The number of hydrogen-bond acceptors (Lipinski definition) is 7. The van der Waals surface area contributed by atoms with Crippen molar-refractivity contribution in [2.75, 3.05) is 19.5 Å². The van der Waals surface area contributed by atoms with Gasteiger partial charge in [0.05, 0.1) is 40.1 Å². The highest BCUT2D eigenvalue weighted by Crippen LogP contribution is 2.43. The van der Waals surface area contributed by atoms with Gasteiger partial charge in [-0.05, 0) is 57.9 Å². The van der Waals surface area contributed by atoms with E-state index in [0.717, 1.165) is 39.8 Å². The van der Waals surface area contributed by atoms with Gasteiger partial charge in [0.1, 0.15) is 36.3 Å². The largest absolute Gasteiger partial charge is 0.496 e. The molecule has 2 N–H and O–H groups in total. The third kappa shape index (κ3) is 10.8. The van der Waals surface area contributed by atoms with E-state index in [9.17, 15) is 0 Å². The maximum absolute atomic E-state index is 7.24. The van der Waals surface area contributed by atoms with Crippen LogP contribution in [-0.2, 0) is 63.0 Å². The quantitative estimate of drug-likeness (QED) is 0.0874. The molecule has 1 saturated heterocycles. The standard InChI is InChI=1S/C50H53NO6/c1-3-36-24-26-37(27-25-36)28-42-29-43(45(52-2)30-44(42)51)47-49(55-33-40-20-12-6-13-21-40)50(56-34-41-22-14-7-15-23-41)48(54-32-39-18-10-5-11-19-39)46(57-47)35-53-31-38-16-8-4-9-17-38/h4-27,29-30,46-50H,3,28,31-35,51H2,1-2H3/t46-,47+,48-,49+,50+/m1/s1. The van der Waals surface area contributed by atoms with Crippen LogP contribution in [0.15, 0.2) is 158 Å². The molecule has 6 aromatic carbocycles. The molecule has 0 amide bonds. The Morgan fingerprint density at radius 1 is 0.526 bits per heavy atom. The Morgan fingerprint density at radius 3 is 1.51 bits per heavy atom. The van der Waals surface area contributed by atoms with Crippen LogP contribution in [0, 0.1) is 0 Å². The molecule has 0 aromatic heterocycles. The average molecular weight is 764 g/mol. The lowest BCUT2D eigenvalue weighted by Gasteiger charge is -2.46. The van der Waals surface area contributed by atoms with E-state index in [1.807, 2.05) is 78.9 Å². The second kappa shape index (κ2) is 20.2. The van der Waals surface area contributed by atoms with Crippen molar-refractivity contribution in [3.05, 3.63) is 202 Å². The van der Waals surface area contributed by atoms with Crippen molar-refractivity contribution >= 4 is 5.69 Å². The fraction of sp³-hybridized carbons (Fsp3) is 0.280. The summed E-state index contributed by atoms with van der Waals surface area (Å²) >= 11 is 0. The van der Waals surface area contributed by atoms with E-state index >= 15 is 0 Å². The molecule has 1 fully saturated rings. The molecule has 0 aliphatic carbocycles. The summed E-state index contributed by atoms with van der Waals surface area (Å²) in [6, 6.07) is 53.4. The highest BCUT2D eigenvalue weighted by atomic mass is 16.6. The van der Waals surface area contributed by atoms with E-state index in [1.165, 1.54) is 11.1 Å². The lowest BCUT2D eigenvalue weighted by molar-refractivity contribution is -0.275. The first-order valence-corrected chi connectivity index (χ1v) is 19.9. The van der Waals surface area contributed by atoms with E-state index in [4.69, 9.17) is 34.2 Å². The summed E-state index contributed by atoms with van der Waals surface area (Å²) in [5, 5.41) is 0. The minimum Gasteiger partial charge on any atom is -0.496 e. The normalized spacial score (nSPS) is 19.3. The number of anilines is 1. The van der Waals surface area contributed by atoms with Gasteiger partial charge in [-0.25, -0.2) is 0 Å². The Morgan fingerprint density at radius 2 is 1.00 bits per heavy atom. The van der Waals surface area contributed by atoms with E-state index in [-0.39, 0.29) is 6.61 Å². The number of nitrogens with two attached hydrogens (primary N) is 1. The van der Waals surface area contributed by atoms with Crippen LogP contribution < -0.4 is 10.5 Å². The topological polar surface area (TPSA) is 81.4 Å². The predicted octanol–water partition coefficient (Wildman–Crippen LogP) is 9.84. The molecule has 6 aromatic rings. The number of hydrogen-bond donors (Lipinski definition) is 1. The highest BCUT2D eigenvalue weighted by Gasteiger charge is 2.49. The van der Waals surface area contributed by atoms with Crippen LogP contribution in [0.1, 0.15) is 57.5 Å². The molecule has 294 valence electrons. The second-order valence-corrected chi connectivity index (χ2v) is 14.5. The average Bonchev–Trinajstić information content (AvgIpc) is 3.26. The van der Waals surface area contributed by atoms with Crippen molar-refractivity contribution < 1.29 is 28.4 Å². The van der Waals surface area contributed by atoms with Crippen molar-refractivity contribution in [1.29, 1.82) is 0 Å². The van der Waals surface area contributed by atoms with Crippen LogP contribution in [0.4, 0.5) is 5.69 Å². The van der Waals surface area contributed by atoms with Gasteiger partial charge in [-0.1, -0.05) is 153 Å². The first-order chi connectivity index (χ1) is 28.1. The van der Waals surface area contributed by atoms with Crippen molar-refractivity contribution in [2.24, 2.45) is 0 Å². The van der Waals surface area contributed by atoms with Gasteiger partial charge < -0.3 is 34.2 Å². The third-order valence-corrected chi connectivity index (χ3v) is 10.5. The Labute approximate surface area is 337 Å². The molecule has 0 spiro atoms. The zero-order chi connectivity index (χ0) is 39.2. The van der Waals surface area contributed by atoms with Gasteiger partial charge in [0.15, 0.2) is 0 Å². The van der Waals surface area contributed by atoms with Gasteiger partial charge in [0, 0.05) is 17.3 Å². The summed E-state index contributed by atoms with van der Waals surface area (Å²) in [7, 11) is 1.67. The molecular formula is C50H53NO6. The zero-order valence-electron chi connectivity index (χ0n) is 32.9. The second-order valence-electron chi connectivity index (χ2n) is 14.5. The number of aryl methyl sites for hydroxylation is 1. The summed E-state index contributed by atoms with van der Waals surface area (Å²) in [6.07, 6.45) is -1.28. The monoisotopic (exact) mass is 763 g/mol. The van der Waals surface area contributed by atoms with Crippen LogP contribution in [0.3, 0.4) is 0 Å². The number of methoxy groups -OCH3 is 1. The summed E-state index contributed by atoms with van der Waals surface area (Å²) < 4.78 is 40.7. The smallest absolute Gasteiger partial charge is 0.126 e. The maximum atomic E-state index is 7.24. The van der Waals surface area contributed by atoms with Crippen molar-refractivity contribution in [3.63, 3.8) is 0 Å². The van der Waals surface area contributed by atoms with E-state index in [2.05, 4.69) is 85.8 Å². The first kappa shape index (κ1) is 39.9. The third-order valence-electron chi connectivity index (χ3n) is 10.5. The maximum Gasteiger partial charge on any atom is 0.126 e. The first-order valence-electron chi connectivity index (χ1n) is 19.9. The fourth-order valence-electron chi connectivity index (χ4n) is 7.36. The van der Waals surface area contributed by atoms with Crippen LogP contribution in [0.25, 0.3) is 0 Å². The summed E-state index contributed by atoms with van der Waals surface area (Å²) in [6.45, 7) is 3.89. The molecule has 7 rings (SSSR count). The number of benzene rings is 6. The number of ether oxygens (including phenoxy) is 6. The van der Waals surface area contributed by atoms with Crippen LogP contribution in [-0.4, -0.2) is 38.1 Å². The number of rotatable bonds is 18. The van der Waals surface area contributed by atoms with E-state index < -0.39 is 30.5 Å². The molecule has 0 bridgehead atoms. The molecule has 7 nitrogen and oxygen atoms in total. The molecular weight excluding hydrogens is 711 g/mol. The molecule has 1 aliphatic rings. The Hall–Kier alpha value is -5.28. The molecule has 0 radical (unpaired) electrons. The molecule has 0 unspecified atom stereocenters. The Bertz CT molecular complexity index is 2080. The molecule has 0 saturated carbocycles. The minimum absolute atomic E-state index is 0.259. The Kier molecular flexibility index (Phi) is 14.2. The van der Waals surface area contributed by atoms with Crippen LogP contribution in [0.5, 0.6) is 5.75 Å². The van der Waals surface area contributed by atoms with E-state index in [1.54, 1.807) is 7.11 Å². The molecule has 57 heavy (non-hydrogen) atoms. The molecule has 1 aliphatic heterocycles. The zero-order valence-corrected chi connectivity index (χ0v) is 32.9. The van der Waals surface area contributed by atoms with Crippen LogP contribution >= 0.6 is 0 Å². The van der Waals surface area contributed by atoms with Gasteiger partial charge in [0.2, 0.25) is 0 Å². The van der Waals surface area contributed by atoms with Crippen molar-refractivity contribution in [2.45, 2.75) is 76.7 Å². The van der Waals surface area contributed by atoms with Crippen LogP contribution in [0.2, 0.25) is 0 Å².